The topological polar surface area (TPSA) is 61.9 Å². The minimum Gasteiger partial charge on any atom is -0.496 e. The zero-order valence-electron chi connectivity index (χ0n) is 17.1. The third kappa shape index (κ3) is 4.06. The van der Waals surface area contributed by atoms with Gasteiger partial charge in [-0.3, -0.25) is 14.2 Å². The lowest BCUT2D eigenvalue weighted by molar-refractivity contribution is 0.104. The highest BCUT2D eigenvalue weighted by molar-refractivity contribution is 6.07. The van der Waals surface area contributed by atoms with Crippen LogP contribution in [0.15, 0.2) is 36.5 Å². The molecule has 146 valence electrons. The van der Waals surface area contributed by atoms with E-state index in [2.05, 4.69) is 10.2 Å². The molecule has 2 heterocycles. The van der Waals surface area contributed by atoms with Crippen LogP contribution in [-0.4, -0.2) is 32.5 Å². The molecule has 0 radical (unpaired) electrons. The van der Waals surface area contributed by atoms with Crippen molar-refractivity contribution in [2.24, 2.45) is 0 Å². The Balaban J connectivity index is 1.84. The molecular weight excluding hydrogens is 352 g/mol. The Kier molecular flexibility index (Phi) is 5.78. The quantitative estimate of drug-likeness (QED) is 0.461. The van der Waals surface area contributed by atoms with E-state index in [9.17, 15) is 4.79 Å². The first-order chi connectivity index (χ1) is 13.4. The van der Waals surface area contributed by atoms with Crippen LogP contribution in [0.1, 0.15) is 45.5 Å². The van der Waals surface area contributed by atoms with E-state index in [1.165, 1.54) is 0 Å². The van der Waals surface area contributed by atoms with Crippen LogP contribution in [0.2, 0.25) is 0 Å². The first kappa shape index (κ1) is 19.6. The van der Waals surface area contributed by atoms with Gasteiger partial charge in [0.25, 0.3) is 0 Å². The number of aromatic nitrogens is 4. The summed E-state index contributed by atoms with van der Waals surface area (Å²) in [5.74, 6) is 0.754. The van der Waals surface area contributed by atoms with Gasteiger partial charge in [-0.25, -0.2) is 0 Å². The molecule has 0 aliphatic heterocycles. The molecule has 0 amide bonds. The Morgan fingerprint density at radius 1 is 1.18 bits per heavy atom. The summed E-state index contributed by atoms with van der Waals surface area (Å²) in [5, 5.41) is 8.76. The van der Waals surface area contributed by atoms with Crippen molar-refractivity contribution in [2.45, 2.75) is 40.8 Å². The van der Waals surface area contributed by atoms with Crippen molar-refractivity contribution in [3.63, 3.8) is 0 Å². The Hall–Kier alpha value is -3.15. The number of carbonyl (C=O) groups is 1. The highest BCUT2D eigenvalue weighted by Crippen LogP contribution is 2.22. The van der Waals surface area contributed by atoms with E-state index in [0.29, 0.717) is 12.1 Å². The van der Waals surface area contributed by atoms with Gasteiger partial charge in [-0.2, -0.15) is 10.2 Å². The van der Waals surface area contributed by atoms with Crippen molar-refractivity contribution < 1.29 is 9.53 Å². The fourth-order valence-corrected chi connectivity index (χ4v) is 3.29. The Bertz CT molecular complexity index is 1030. The molecule has 1 aromatic carbocycles. The van der Waals surface area contributed by atoms with Gasteiger partial charge < -0.3 is 4.74 Å². The van der Waals surface area contributed by atoms with Crippen molar-refractivity contribution in [2.75, 3.05) is 7.11 Å². The summed E-state index contributed by atoms with van der Waals surface area (Å²) in [6.45, 7) is 9.29. The molecule has 3 aromatic rings. The second-order valence-electron chi connectivity index (χ2n) is 6.81. The fourth-order valence-electron chi connectivity index (χ4n) is 3.29. The average molecular weight is 378 g/mol. The van der Waals surface area contributed by atoms with Gasteiger partial charge in [0.2, 0.25) is 0 Å². The number of rotatable bonds is 7. The second kappa shape index (κ2) is 8.25. The van der Waals surface area contributed by atoms with Crippen LogP contribution in [0.4, 0.5) is 0 Å². The molecule has 0 spiro atoms. The SMILES string of the molecule is CCn1ncc(C(=O)/C=C/c2ccc(OC)c(Cn3nc(C)cc3C)c2)c1C. The summed E-state index contributed by atoms with van der Waals surface area (Å²) >= 11 is 0. The van der Waals surface area contributed by atoms with Crippen molar-refractivity contribution in [1.82, 2.24) is 19.6 Å². The van der Waals surface area contributed by atoms with Crippen LogP contribution in [0, 0.1) is 20.8 Å². The molecule has 0 unspecified atom stereocenters. The highest BCUT2D eigenvalue weighted by atomic mass is 16.5. The lowest BCUT2D eigenvalue weighted by Crippen LogP contribution is -2.06. The Morgan fingerprint density at radius 2 is 1.96 bits per heavy atom. The molecule has 0 saturated heterocycles. The van der Waals surface area contributed by atoms with Crippen LogP contribution in [0.25, 0.3) is 6.08 Å². The first-order valence-corrected chi connectivity index (χ1v) is 9.35. The van der Waals surface area contributed by atoms with E-state index in [4.69, 9.17) is 4.74 Å². The van der Waals surface area contributed by atoms with E-state index in [1.807, 2.05) is 67.4 Å². The fraction of sp³-hybridized carbons (Fsp3) is 0.318. The molecule has 0 saturated carbocycles. The summed E-state index contributed by atoms with van der Waals surface area (Å²) in [4.78, 5) is 12.5. The summed E-state index contributed by atoms with van der Waals surface area (Å²) in [7, 11) is 1.66. The zero-order valence-corrected chi connectivity index (χ0v) is 17.1. The average Bonchev–Trinajstić information content (AvgIpc) is 3.21. The zero-order chi connectivity index (χ0) is 20.3. The Morgan fingerprint density at radius 3 is 2.57 bits per heavy atom. The van der Waals surface area contributed by atoms with Crippen LogP contribution in [0.5, 0.6) is 5.75 Å². The van der Waals surface area contributed by atoms with Gasteiger partial charge in [0, 0.05) is 23.5 Å². The third-order valence-electron chi connectivity index (χ3n) is 4.82. The third-order valence-corrected chi connectivity index (χ3v) is 4.82. The van der Waals surface area contributed by atoms with E-state index < -0.39 is 0 Å². The van der Waals surface area contributed by atoms with Crippen LogP contribution in [-0.2, 0) is 13.1 Å². The van der Waals surface area contributed by atoms with Gasteiger partial charge >= 0.3 is 0 Å². The van der Waals surface area contributed by atoms with Crippen molar-refractivity contribution in [3.8, 4) is 5.75 Å². The number of ketones is 1. The molecule has 3 rings (SSSR count). The number of allylic oxidation sites excluding steroid dienone is 1. The molecule has 2 aromatic heterocycles. The maximum atomic E-state index is 12.5. The number of carbonyl (C=O) groups excluding carboxylic acids is 1. The minimum absolute atomic E-state index is 0.0480. The molecule has 0 bridgehead atoms. The largest absolute Gasteiger partial charge is 0.496 e. The Labute approximate surface area is 165 Å². The van der Waals surface area contributed by atoms with Crippen molar-refractivity contribution in [1.29, 1.82) is 0 Å². The number of benzene rings is 1. The van der Waals surface area contributed by atoms with Gasteiger partial charge in [-0.05, 0) is 57.5 Å². The molecule has 28 heavy (non-hydrogen) atoms. The number of ether oxygens (including phenoxy) is 1. The van der Waals surface area contributed by atoms with Gasteiger partial charge in [0.15, 0.2) is 5.78 Å². The molecule has 0 N–H and O–H groups in total. The van der Waals surface area contributed by atoms with Crippen LogP contribution in [0.3, 0.4) is 0 Å². The predicted molar refractivity (Wildman–Crippen MR) is 110 cm³/mol. The van der Waals surface area contributed by atoms with E-state index in [1.54, 1.807) is 19.4 Å². The second-order valence-corrected chi connectivity index (χ2v) is 6.81. The number of hydrogen-bond acceptors (Lipinski definition) is 4. The van der Waals surface area contributed by atoms with Gasteiger partial charge in [0.05, 0.1) is 31.1 Å². The minimum atomic E-state index is -0.0480. The number of hydrogen-bond donors (Lipinski definition) is 0. The van der Waals surface area contributed by atoms with Crippen molar-refractivity contribution in [3.05, 3.63) is 70.3 Å². The number of methoxy groups -OCH3 is 1. The summed E-state index contributed by atoms with van der Waals surface area (Å²) in [5.41, 5.74) is 5.55. The molecule has 6 nitrogen and oxygen atoms in total. The maximum Gasteiger partial charge on any atom is 0.189 e. The molecule has 0 fully saturated rings. The van der Waals surface area contributed by atoms with Gasteiger partial charge in [-0.1, -0.05) is 12.1 Å². The summed E-state index contributed by atoms with van der Waals surface area (Å²) in [6, 6.07) is 7.94. The predicted octanol–water partition coefficient (Wildman–Crippen LogP) is 3.98. The first-order valence-electron chi connectivity index (χ1n) is 9.35. The number of nitrogens with zero attached hydrogens (tertiary/aromatic N) is 4. The normalized spacial score (nSPS) is 11.3. The van der Waals surface area contributed by atoms with Gasteiger partial charge in [0.1, 0.15) is 5.75 Å². The van der Waals surface area contributed by atoms with E-state index >= 15 is 0 Å². The highest BCUT2D eigenvalue weighted by Gasteiger charge is 2.11. The van der Waals surface area contributed by atoms with Crippen LogP contribution >= 0.6 is 0 Å². The lowest BCUT2D eigenvalue weighted by Gasteiger charge is -2.11. The smallest absolute Gasteiger partial charge is 0.189 e. The summed E-state index contributed by atoms with van der Waals surface area (Å²) in [6.07, 6.45) is 5.06. The monoisotopic (exact) mass is 378 g/mol. The van der Waals surface area contributed by atoms with E-state index in [0.717, 1.165) is 40.5 Å². The van der Waals surface area contributed by atoms with E-state index in [-0.39, 0.29) is 5.78 Å². The molecule has 0 aliphatic carbocycles. The van der Waals surface area contributed by atoms with Crippen molar-refractivity contribution >= 4 is 11.9 Å². The van der Waals surface area contributed by atoms with Gasteiger partial charge in [-0.15, -0.1) is 0 Å². The molecule has 0 aliphatic rings. The summed E-state index contributed by atoms with van der Waals surface area (Å²) < 4.78 is 9.27. The molecular formula is C22H26N4O2. The standard InChI is InChI=1S/C22H26N4O2/c1-6-25-17(4)20(13-23-25)21(27)9-7-18-8-10-22(28-5)19(12-18)14-26-16(3)11-15(2)24-26/h7-13H,6,14H2,1-5H3/b9-7+. The lowest BCUT2D eigenvalue weighted by atomic mass is 10.1. The molecule has 0 atom stereocenters. The van der Waals surface area contributed by atoms with Crippen LogP contribution < -0.4 is 4.74 Å². The number of aryl methyl sites for hydroxylation is 3. The maximum absolute atomic E-state index is 12.5. The molecule has 6 heteroatoms.